The molecule has 0 aliphatic heterocycles. The number of aromatic nitrogens is 1. The van der Waals surface area contributed by atoms with Crippen molar-refractivity contribution in [3.05, 3.63) is 58.6 Å². The summed E-state index contributed by atoms with van der Waals surface area (Å²) in [6.45, 7) is 0. The molecule has 0 unspecified atom stereocenters. The Morgan fingerprint density at radius 3 is 2.60 bits per heavy atom. The van der Waals surface area contributed by atoms with E-state index in [1.54, 1.807) is 0 Å². The molecule has 0 bridgehead atoms. The third-order valence-corrected chi connectivity index (χ3v) is 2.65. The molecule has 2 N–H and O–H groups in total. The number of anilines is 1. The van der Waals surface area contributed by atoms with Gasteiger partial charge in [-0.1, -0.05) is 11.6 Å². The zero-order valence-electron chi connectivity index (χ0n) is 9.93. The van der Waals surface area contributed by atoms with Gasteiger partial charge in [-0.3, -0.25) is 4.79 Å². The molecule has 2 rings (SSSR count). The van der Waals surface area contributed by atoms with Crippen LogP contribution in [0.3, 0.4) is 0 Å². The first-order valence-corrected chi connectivity index (χ1v) is 5.81. The Labute approximate surface area is 118 Å². The fourth-order valence-electron chi connectivity index (χ4n) is 1.45. The number of halogens is 2. The lowest BCUT2D eigenvalue weighted by molar-refractivity contribution is 0.0696. The molecule has 1 heterocycles. The number of amides is 1. The van der Waals surface area contributed by atoms with Crippen LogP contribution >= 0.6 is 11.6 Å². The number of pyridine rings is 1. The molecular weight excluding hydrogens is 287 g/mol. The quantitative estimate of drug-likeness (QED) is 0.912. The maximum Gasteiger partial charge on any atom is 0.335 e. The van der Waals surface area contributed by atoms with Crippen LogP contribution in [0.25, 0.3) is 0 Å². The van der Waals surface area contributed by atoms with Crippen molar-refractivity contribution < 1.29 is 19.1 Å². The molecule has 1 amide bonds. The summed E-state index contributed by atoms with van der Waals surface area (Å²) < 4.78 is 13.5. The Bertz CT molecular complexity index is 674. The second-order valence-corrected chi connectivity index (χ2v) is 4.25. The van der Waals surface area contributed by atoms with Gasteiger partial charge in [-0.25, -0.2) is 14.2 Å². The number of rotatable bonds is 3. The predicted molar refractivity (Wildman–Crippen MR) is 70.6 cm³/mol. The minimum Gasteiger partial charge on any atom is -0.478 e. The van der Waals surface area contributed by atoms with Crippen molar-refractivity contribution >= 4 is 29.2 Å². The van der Waals surface area contributed by atoms with E-state index in [0.717, 1.165) is 18.2 Å². The van der Waals surface area contributed by atoms with Crippen LogP contribution in [-0.2, 0) is 0 Å². The number of hydrogen-bond donors (Lipinski definition) is 2. The maximum atomic E-state index is 13.5. The molecule has 0 spiro atoms. The molecule has 102 valence electrons. The van der Waals surface area contributed by atoms with Gasteiger partial charge in [-0.2, -0.15) is 0 Å². The van der Waals surface area contributed by atoms with Gasteiger partial charge in [0, 0.05) is 6.20 Å². The molecular formula is C13H8ClFN2O3. The van der Waals surface area contributed by atoms with E-state index in [1.807, 2.05) is 0 Å². The predicted octanol–water partition coefficient (Wildman–Crippen LogP) is 2.82. The van der Waals surface area contributed by atoms with Gasteiger partial charge >= 0.3 is 5.97 Å². The summed E-state index contributed by atoms with van der Waals surface area (Å²) in [6, 6.07) is 5.94. The van der Waals surface area contributed by atoms with E-state index in [2.05, 4.69) is 10.3 Å². The molecule has 0 aliphatic rings. The highest BCUT2D eigenvalue weighted by molar-refractivity contribution is 6.30. The number of aromatic carboxylic acids is 1. The SMILES string of the molecule is O=C(O)c1ccc(F)c(NC(=O)c2ccc(Cl)cn2)c1. The molecule has 20 heavy (non-hydrogen) atoms. The van der Waals surface area contributed by atoms with Crippen LogP contribution in [0.4, 0.5) is 10.1 Å². The van der Waals surface area contributed by atoms with Gasteiger partial charge in [0.1, 0.15) is 11.5 Å². The third-order valence-electron chi connectivity index (χ3n) is 2.42. The Balaban J connectivity index is 2.25. The molecule has 0 radical (unpaired) electrons. The van der Waals surface area contributed by atoms with Crippen molar-refractivity contribution in [2.24, 2.45) is 0 Å². The van der Waals surface area contributed by atoms with E-state index in [-0.39, 0.29) is 16.9 Å². The van der Waals surface area contributed by atoms with Crippen LogP contribution in [0.1, 0.15) is 20.8 Å². The largest absolute Gasteiger partial charge is 0.478 e. The van der Waals surface area contributed by atoms with E-state index < -0.39 is 17.7 Å². The lowest BCUT2D eigenvalue weighted by Gasteiger charge is -2.07. The Morgan fingerprint density at radius 1 is 1.25 bits per heavy atom. The van der Waals surface area contributed by atoms with E-state index in [1.165, 1.54) is 18.3 Å². The molecule has 0 saturated heterocycles. The van der Waals surface area contributed by atoms with Crippen LogP contribution in [0.15, 0.2) is 36.5 Å². The van der Waals surface area contributed by atoms with Crippen molar-refractivity contribution in [2.45, 2.75) is 0 Å². The Morgan fingerprint density at radius 2 is 2.00 bits per heavy atom. The van der Waals surface area contributed by atoms with Gasteiger partial charge in [0.25, 0.3) is 5.91 Å². The second kappa shape index (κ2) is 5.66. The maximum absolute atomic E-state index is 13.5. The summed E-state index contributed by atoms with van der Waals surface area (Å²) in [5.41, 5.74) is -0.327. The topological polar surface area (TPSA) is 79.3 Å². The van der Waals surface area contributed by atoms with E-state index in [0.29, 0.717) is 5.02 Å². The molecule has 7 heteroatoms. The van der Waals surface area contributed by atoms with Gasteiger partial charge < -0.3 is 10.4 Å². The molecule has 1 aromatic heterocycles. The normalized spacial score (nSPS) is 10.1. The first-order chi connectivity index (χ1) is 9.47. The Hall–Kier alpha value is -2.47. The standard InChI is InChI=1S/C13H8ClFN2O3/c14-8-2-4-10(16-6-8)12(18)17-11-5-7(13(19)20)1-3-9(11)15/h1-6H,(H,17,18)(H,19,20). The number of nitrogens with one attached hydrogen (secondary N) is 1. The summed E-state index contributed by atoms with van der Waals surface area (Å²) >= 11 is 5.64. The van der Waals surface area contributed by atoms with Crippen LogP contribution in [0, 0.1) is 5.82 Å². The van der Waals surface area contributed by atoms with Crippen LogP contribution in [0.5, 0.6) is 0 Å². The number of hydrogen-bond acceptors (Lipinski definition) is 3. The van der Waals surface area contributed by atoms with Crippen LogP contribution < -0.4 is 5.32 Å². The molecule has 1 aromatic carbocycles. The van der Waals surface area contributed by atoms with Gasteiger partial charge in [-0.15, -0.1) is 0 Å². The van der Waals surface area contributed by atoms with Crippen LogP contribution in [0.2, 0.25) is 5.02 Å². The molecule has 0 saturated carbocycles. The Kier molecular flexibility index (Phi) is 3.95. The summed E-state index contributed by atoms with van der Waals surface area (Å²) in [5.74, 6) is -2.62. The van der Waals surface area contributed by atoms with Crippen molar-refractivity contribution in [1.29, 1.82) is 0 Å². The molecule has 5 nitrogen and oxygen atoms in total. The third kappa shape index (κ3) is 3.10. The van der Waals surface area contributed by atoms with Crippen molar-refractivity contribution in [3.8, 4) is 0 Å². The number of carboxylic acid groups (broad SMARTS) is 1. The van der Waals surface area contributed by atoms with Gasteiger partial charge in [0.05, 0.1) is 16.3 Å². The zero-order chi connectivity index (χ0) is 14.7. The minimum atomic E-state index is -1.22. The first kappa shape index (κ1) is 14.0. The summed E-state index contributed by atoms with van der Waals surface area (Å²) in [5, 5.41) is 11.4. The van der Waals surface area contributed by atoms with Gasteiger partial charge in [-0.05, 0) is 30.3 Å². The number of benzene rings is 1. The smallest absolute Gasteiger partial charge is 0.335 e. The highest BCUT2D eigenvalue weighted by atomic mass is 35.5. The first-order valence-electron chi connectivity index (χ1n) is 5.43. The second-order valence-electron chi connectivity index (χ2n) is 3.82. The lowest BCUT2D eigenvalue weighted by atomic mass is 10.2. The molecule has 0 fully saturated rings. The fraction of sp³-hybridized carbons (Fsp3) is 0. The van der Waals surface area contributed by atoms with Gasteiger partial charge in [0.2, 0.25) is 0 Å². The van der Waals surface area contributed by atoms with Crippen LogP contribution in [-0.4, -0.2) is 22.0 Å². The monoisotopic (exact) mass is 294 g/mol. The summed E-state index contributed by atoms with van der Waals surface area (Å²) in [4.78, 5) is 26.4. The van der Waals surface area contributed by atoms with Crippen molar-refractivity contribution in [3.63, 3.8) is 0 Å². The van der Waals surface area contributed by atoms with E-state index in [9.17, 15) is 14.0 Å². The molecule has 0 atom stereocenters. The number of carbonyl (C=O) groups is 2. The van der Waals surface area contributed by atoms with Crippen molar-refractivity contribution in [2.75, 3.05) is 5.32 Å². The highest BCUT2D eigenvalue weighted by Gasteiger charge is 2.13. The average Bonchev–Trinajstić information content (AvgIpc) is 2.41. The molecule has 0 aliphatic carbocycles. The highest BCUT2D eigenvalue weighted by Crippen LogP contribution is 2.17. The van der Waals surface area contributed by atoms with Crippen molar-refractivity contribution in [1.82, 2.24) is 4.98 Å². The van der Waals surface area contributed by atoms with Gasteiger partial charge in [0.15, 0.2) is 0 Å². The van der Waals surface area contributed by atoms with E-state index >= 15 is 0 Å². The average molecular weight is 295 g/mol. The summed E-state index contributed by atoms with van der Waals surface area (Å²) in [6.07, 6.45) is 1.28. The lowest BCUT2D eigenvalue weighted by Crippen LogP contribution is -2.15. The number of carboxylic acids is 1. The zero-order valence-corrected chi connectivity index (χ0v) is 10.7. The number of carbonyl (C=O) groups excluding carboxylic acids is 1. The number of nitrogens with zero attached hydrogens (tertiary/aromatic N) is 1. The summed E-state index contributed by atoms with van der Waals surface area (Å²) in [7, 11) is 0. The fourth-order valence-corrected chi connectivity index (χ4v) is 1.56. The van der Waals surface area contributed by atoms with E-state index in [4.69, 9.17) is 16.7 Å². The minimum absolute atomic E-state index is 0.0366. The molecule has 2 aromatic rings.